The Morgan fingerprint density at radius 1 is 1.43 bits per heavy atom. The van der Waals surface area contributed by atoms with E-state index in [1.165, 1.54) is 0 Å². The number of nitrogens with zero attached hydrogens (tertiary/aromatic N) is 5. The van der Waals surface area contributed by atoms with Crippen molar-refractivity contribution in [2.24, 2.45) is 7.05 Å². The van der Waals surface area contributed by atoms with Crippen molar-refractivity contribution in [3.8, 4) is 0 Å². The molecule has 7 heteroatoms. The third kappa shape index (κ3) is 3.65. The summed E-state index contributed by atoms with van der Waals surface area (Å²) in [7, 11) is 4.03. The van der Waals surface area contributed by atoms with Crippen molar-refractivity contribution in [2.45, 2.75) is 26.4 Å². The molecule has 0 aliphatic rings. The third-order valence-electron chi connectivity index (χ3n) is 3.53. The molecular weight excluding hydrogens is 284 g/mol. The largest absolute Gasteiger partial charge is 0.370 e. The van der Waals surface area contributed by atoms with Gasteiger partial charge >= 0.3 is 0 Å². The Morgan fingerprint density at radius 3 is 2.86 bits per heavy atom. The minimum absolute atomic E-state index is 0.494. The molecule has 0 bridgehead atoms. The zero-order chi connectivity index (χ0) is 15.4. The van der Waals surface area contributed by atoms with Crippen LogP contribution in [0.5, 0.6) is 0 Å². The summed E-state index contributed by atoms with van der Waals surface area (Å²) in [6.07, 6.45) is 3.95. The lowest BCUT2D eigenvalue weighted by Gasteiger charge is -2.23. The third-order valence-corrected chi connectivity index (χ3v) is 4.35. The molecule has 1 atom stereocenters. The second kappa shape index (κ2) is 7.09. The zero-order valence-corrected chi connectivity index (χ0v) is 14.2. The maximum absolute atomic E-state index is 4.66. The van der Waals surface area contributed by atoms with E-state index in [9.17, 15) is 0 Å². The smallest absolute Gasteiger partial charge is 0.163 e. The van der Waals surface area contributed by atoms with Crippen molar-refractivity contribution >= 4 is 28.6 Å². The van der Waals surface area contributed by atoms with Gasteiger partial charge in [-0.1, -0.05) is 0 Å². The maximum atomic E-state index is 4.66. The van der Waals surface area contributed by atoms with E-state index in [1.807, 2.05) is 25.0 Å². The van der Waals surface area contributed by atoms with Gasteiger partial charge in [0.15, 0.2) is 5.65 Å². The number of nitrogens with one attached hydrogen (secondary N) is 1. The van der Waals surface area contributed by atoms with Crippen molar-refractivity contribution in [1.82, 2.24) is 24.6 Å². The first-order valence-corrected chi connectivity index (χ1v) is 8.57. The predicted octanol–water partition coefficient (Wildman–Crippen LogP) is 1.98. The highest BCUT2D eigenvalue weighted by atomic mass is 32.2. The molecule has 1 N–H and O–H groups in total. The standard InChI is InChI=1S/C14H24N6S/c1-6-15-13-11-7-16-20(4)14(11)18-12(17-13)8-19(3)10(2)9-21-5/h7,10H,6,8-9H2,1-5H3,(H,15,17,18). The first kappa shape index (κ1) is 16.0. The van der Waals surface area contributed by atoms with E-state index < -0.39 is 0 Å². The van der Waals surface area contributed by atoms with Crippen LogP contribution in [0.3, 0.4) is 0 Å². The van der Waals surface area contributed by atoms with Crippen LogP contribution in [0.4, 0.5) is 5.82 Å². The fraction of sp³-hybridized carbons (Fsp3) is 0.643. The van der Waals surface area contributed by atoms with Crippen LogP contribution >= 0.6 is 11.8 Å². The van der Waals surface area contributed by atoms with E-state index in [4.69, 9.17) is 0 Å². The predicted molar refractivity (Wildman–Crippen MR) is 89.8 cm³/mol. The second-order valence-corrected chi connectivity index (χ2v) is 6.15. The van der Waals surface area contributed by atoms with E-state index in [0.717, 1.165) is 41.5 Å². The molecule has 0 saturated carbocycles. The number of hydrogen-bond donors (Lipinski definition) is 1. The van der Waals surface area contributed by atoms with Crippen LogP contribution in [0.1, 0.15) is 19.7 Å². The molecule has 0 fully saturated rings. The summed E-state index contributed by atoms with van der Waals surface area (Å²) in [6.45, 7) is 5.86. The molecule has 0 spiro atoms. The van der Waals surface area contributed by atoms with Crippen LogP contribution in [0.15, 0.2) is 6.20 Å². The number of aromatic nitrogens is 4. The molecule has 116 valence electrons. The lowest BCUT2D eigenvalue weighted by molar-refractivity contribution is 0.263. The first-order valence-electron chi connectivity index (χ1n) is 7.18. The molecule has 2 aromatic heterocycles. The molecule has 0 amide bonds. The van der Waals surface area contributed by atoms with E-state index in [0.29, 0.717) is 6.04 Å². The quantitative estimate of drug-likeness (QED) is 0.844. The number of thioether (sulfide) groups is 1. The average molecular weight is 308 g/mol. The molecular formula is C14H24N6S. The fourth-order valence-corrected chi connectivity index (χ4v) is 2.92. The van der Waals surface area contributed by atoms with Crippen LogP contribution in [-0.4, -0.2) is 56.3 Å². The summed E-state index contributed by atoms with van der Waals surface area (Å²) in [6, 6.07) is 0.494. The maximum Gasteiger partial charge on any atom is 0.163 e. The Morgan fingerprint density at radius 2 is 2.19 bits per heavy atom. The van der Waals surface area contributed by atoms with Gasteiger partial charge in [0.1, 0.15) is 11.6 Å². The summed E-state index contributed by atoms with van der Waals surface area (Å²) >= 11 is 1.86. The van der Waals surface area contributed by atoms with E-state index in [-0.39, 0.29) is 0 Å². The summed E-state index contributed by atoms with van der Waals surface area (Å²) in [4.78, 5) is 11.6. The molecule has 2 heterocycles. The normalized spacial score (nSPS) is 13.0. The molecule has 0 aliphatic carbocycles. The average Bonchev–Trinajstić information content (AvgIpc) is 2.81. The van der Waals surface area contributed by atoms with Crippen molar-refractivity contribution < 1.29 is 0 Å². The van der Waals surface area contributed by atoms with Crippen LogP contribution < -0.4 is 5.32 Å². The van der Waals surface area contributed by atoms with Gasteiger partial charge in [-0.3, -0.25) is 9.58 Å². The number of aryl methyl sites for hydroxylation is 1. The van der Waals surface area contributed by atoms with E-state index in [2.05, 4.69) is 52.4 Å². The Bertz CT molecular complexity index is 596. The Hall–Kier alpha value is -1.34. The number of anilines is 1. The lowest BCUT2D eigenvalue weighted by atomic mass is 10.3. The highest BCUT2D eigenvalue weighted by Gasteiger charge is 2.14. The first-order chi connectivity index (χ1) is 10.1. The number of hydrogen-bond acceptors (Lipinski definition) is 6. The minimum atomic E-state index is 0.494. The van der Waals surface area contributed by atoms with Crippen LogP contribution in [0.2, 0.25) is 0 Å². The van der Waals surface area contributed by atoms with Gasteiger partial charge in [-0.05, 0) is 27.2 Å². The minimum Gasteiger partial charge on any atom is -0.370 e. The molecule has 0 saturated heterocycles. The number of rotatable bonds is 7. The highest BCUT2D eigenvalue weighted by Crippen LogP contribution is 2.20. The molecule has 1 unspecified atom stereocenters. The molecule has 2 aromatic rings. The van der Waals surface area contributed by atoms with Gasteiger partial charge < -0.3 is 5.32 Å². The lowest BCUT2D eigenvalue weighted by Crippen LogP contribution is -2.31. The summed E-state index contributed by atoms with van der Waals surface area (Å²) < 4.78 is 1.80. The van der Waals surface area contributed by atoms with Gasteiger partial charge in [-0.2, -0.15) is 16.9 Å². The van der Waals surface area contributed by atoms with Crippen molar-refractivity contribution in [2.75, 3.05) is 30.9 Å². The van der Waals surface area contributed by atoms with Gasteiger partial charge in [-0.15, -0.1) is 0 Å². The molecule has 6 nitrogen and oxygen atoms in total. The van der Waals surface area contributed by atoms with Gasteiger partial charge in [-0.25, -0.2) is 9.97 Å². The summed E-state index contributed by atoms with van der Waals surface area (Å²) in [5.74, 6) is 2.80. The second-order valence-electron chi connectivity index (χ2n) is 5.24. The van der Waals surface area contributed by atoms with E-state index in [1.54, 1.807) is 4.68 Å². The van der Waals surface area contributed by atoms with Gasteiger partial charge in [0.05, 0.1) is 18.1 Å². The van der Waals surface area contributed by atoms with Gasteiger partial charge in [0.2, 0.25) is 0 Å². The van der Waals surface area contributed by atoms with Gasteiger partial charge in [0, 0.05) is 25.4 Å². The van der Waals surface area contributed by atoms with Crippen molar-refractivity contribution in [3.63, 3.8) is 0 Å². The molecule has 0 radical (unpaired) electrons. The van der Waals surface area contributed by atoms with Crippen LogP contribution in [0, 0.1) is 0 Å². The number of fused-ring (bicyclic) bond motifs is 1. The monoisotopic (exact) mass is 308 g/mol. The topological polar surface area (TPSA) is 58.9 Å². The van der Waals surface area contributed by atoms with Crippen molar-refractivity contribution in [3.05, 3.63) is 12.0 Å². The van der Waals surface area contributed by atoms with Gasteiger partial charge in [0.25, 0.3) is 0 Å². The van der Waals surface area contributed by atoms with Crippen LogP contribution in [-0.2, 0) is 13.6 Å². The Kier molecular flexibility index (Phi) is 5.41. The van der Waals surface area contributed by atoms with E-state index >= 15 is 0 Å². The molecule has 2 rings (SSSR count). The fourth-order valence-electron chi connectivity index (χ4n) is 2.19. The van der Waals surface area contributed by atoms with Crippen molar-refractivity contribution in [1.29, 1.82) is 0 Å². The molecule has 0 aliphatic heterocycles. The zero-order valence-electron chi connectivity index (χ0n) is 13.4. The SMILES string of the molecule is CCNc1nc(CN(C)C(C)CSC)nc2c1cnn2C. The highest BCUT2D eigenvalue weighted by molar-refractivity contribution is 7.98. The summed E-state index contributed by atoms with van der Waals surface area (Å²) in [5.41, 5.74) is 0.877. The molecule has 0 aromatic carbocycles. The molecule has 21 heavy (non-hydrogen) atoms. The Balaban J connectivity index is 2.29. The summed E-state index contributed by atoms with van der Waals surface area (Å²) in [5, 5.41) is 8.56. The Labute approximate surface area is 130 Å². The van der Waals surface area contributed by atoms with Crippen LogP contribution in [0.25, 0.3) is 11.0 Å².